The summed E-state index contributed by atoms with van der Waals surface area (Å²) in [7, 11) is 0. The molecule has 2 heterocycles. The molecule has 9 heteroatoms. The molecule has 1 aromatic carbocycles. The van der Waals surface area contributed by atoms with Gasteiger partial charge in [-0.25, -0.2) is 0 Å². The van der Waals surface area contributed by atoms with Gasteiger partial charge in [0.15, 0.2) is 0 Å². The van der Waals surface area contributed by atoms with E-state index in [1.807, 2.05) is 4.90 Å². The van der Waals surface area contributed by atoms with E-state index in [1.54, 1.807) is 0 Å². The molecule has 2 amide bonds. The molecule has 0 bridgehead atoms. The van der Waals surface area contributed by atoms with E-state index in [0.717, 1.165) is 37.9 Å². The fraction of sp³-hybridized carbons (Fsp3) is 0.600. The van der Waals surface area contributed by atoms with Crippen LogP contribution in [0.2, 0.25) is 0 Å². The molecular weight excluding hydrogens is 385 g/mol. The molecule has 0 saturated carbocycles. The van der Waals surface area contributed by atoms with Gasteiger partial charge in [0.1, 0.15) is 0 Å². The van der Waals surface area contributed by atoms with Crippen LogP contribution >= 0.6 is 0 Å². The minimum atomic E-state index is -4.53. The number of hydrogen-bond donors (Lipinski definition) is 3. The highest BCUT2D eigenvalue weighted by Crippen LogP contribution is 2.33. The summed E-state index contributed by atoms with van der Waals surface area (Å²) in [6, 6.07) is 2.93. The van der Waals surface area contributed by atoms with Gasteiger partial charge in [0.05, 0.1) is 11.6 Å². The smallest absolute Gasteiger partial charge is 0.399 e. The first kappa shape index (κ1) is 21.4. The van der Waals surface area contributed by atoms with Gasteiger partial charge in [-0.2, -0.15) is 13.2 Å². The normalized spacial score (nSPS) is 21.1. The number of alkyl halides is 3. The van der Waals surface area contributed by atoms with Crippen LogP contribution in [0.25, 0.3) is 0 Å². The largest absolute Gasteiger partial charge is 0.416 e. The molecule has 2 aliphatic heterocycles. The number of amides is 2. The van der Waals surface area contributed by atoms with Gasteiger partial charge in [-0.05, 0) is 56.3 Å². The second kappa shape index (κ2) is 9.02. The highest BCUT2D eigenvalue weighted by Gasteiger charge is 2.32. The van der Waals surface area contributed by atoms with Crippen molar-refractivity contribution in [3.63, 3.8) is 0 Å². The zero-order valence-corrected chi connectivity index (χ0v) is 16.2. The van der Waals surface area contributed by atoms with Crippen LogP contribution in [0.5, 0.6) is 0 Å². The molecule has 2 saturated heterocycles. The lowest BCUT2D eigenvalue weighted by atomic mass is 9.92. The molecule has 4 N–H and O–H groups in total. The number of carbonyl (C=O) groups is 2. The number of nitrogens with zero attached hydrogens (tertiary/aromatic N) is 1. The Balaban J connectivity index is 1.49. The van der Waals surface area contributed by atoms with Gasteiger partial charge >= 0.3 is 6.18 Å². The molecule has 0 aliphatic carbocycles. The molecule has 3 rings (SSSR count). The van der Waals surface area contributed by atoms with E-state index in [1.165, 1.54) is 6.07 Å². The van der Waals surface area contributed by atoms with Crippen molar-refractivity contribution in [2.45, 2.75) is 50.7 Å². The first-order chi connectivity index (χ1) is 13.7. The van der Waals surface area contributed by atoms with Crippen molar-refractivity contribution >= 4 is 23.2 Å². The summed E-state index contributed by atoms with van der Waals surface area (Å²) >= 11 is 0. The Morgan fingerprint density at radius 1 is 1.14 bits per heavy atom. The molecule has 0 aromatic heterocycles. The number of carbonyl (C=O) groups excluding carboxylic acids is 2. The van der Waals surface area contributed by atoms with Crippen LogP contribution in [0.1, 0.15) is 44.1 Å². The van der Waals surface area contributed by atoms with Crippen LogP contribution in [0.15, 0.2) is 18.2 Å². The number of rotatable bonds is 4. The number of hydrogen-bond acceptors (Lipinski definition) is 4. The first-order valence-electron chi connectivity index (χ1n) is 10.0. The maximum absolute atomic E-state index is 12.9. The molecule has 0 unspecified atom stereocenters. The number of piperidine rings is 2. The van der Waals surface area contributed by atoms with Crippen molar-refractivity contribution in [1.29, 1.82) is 0 Å². The van der Waals surface area contributed by atoms with E-state index in [0.29, 0.717) is 25.9 Å². The monoisotopic (exact) mass is 412 g/mol. The van der Waals surface area contributed by atoms with E-state index >= 15 is 0 Å². The van der Waals surface area contributed by atoms with Gasteiger partial charge in [-0.3, -0.25) is 9.59 Å². The van der Waals surface area contributed by atoms with Crippen LogP contribution in [0.3, 0.4) is 0 Å². The van der Waals surface area contributed by atoms with Gasteiger partial charge in [0.25, 0.3) is 0 Å². The van der Waals surface area contributed by atoms with Gasteiger partial charge in [-0.1, -0.05) is 6.42 Å². The van der Waals surface area contributed by atoms with Gasteiger partial charge in [-0.15, -0.1) is 0 Å². The summed E-state index contributed by atoms with van der Waals surface area (Å²) in [4.78, 5) is 26.7. The predicted octanol–water partition coefficient (Wildman–Crippen LogP) is 3.00. The quantitative estimate of drug-likeness (QED) is 0.664. The number of benzene rings is 1. The molecule has 0 spiro atoms. The van der Waals surface area contributed by atoms with Crippen molar-refractivity contribution in [3.8, 4) is 0 Å². The summed E-state index contributed by atoms with van der Waals surface area (Å²) in [5, 5.41) is 5.78. The average molecular weight is 412 g/mol. The molecular formula is C20H27F3N4O2. The number of anilines is 2. The Morgan fingerprint density at radius 2 is 1.86 bits per heavy atom. The van der Waals surface area contributed by atoms with Crippen LogP contribution in [0.4, 0.5) is 24.5 Å². The molecule has 6 nitrogen and oxygen atoms in total. The Labute approximate surface area is 168 Å². The van der Waals surface area contributed by atoms with Crippen molar-refractivity contribution in [2.24, 2.45) is 5.92 Å². The standard InChI is InChI=1S/C20H27F3N4O2/c21-20(22,23)14-10-15(24)12-16(11-14)26-18(28)9-13-4-7-27(8-5-13)19(29)17-3-1-2-6-25-17/h10-13,17,25H,1-9,24H2,(H,26,28)/t17-/m0/s1. The predicted molar refractivity (Wildman–Crippen MR) is 104 cm³/mol. The molecule has 2 aliphatic rings. The number of nitrogen functional groups attached to an aromatic ring is 1. The Bertz CT molecular complexity index is 740. The van der Waals surface area contributed by atoms with E-state index in [9.17, 15) is 22.8 Å². The second-order valence-electron chi connectivity index (χ2n) is 7.86. The highest BCUT2D eigenvalue weighted by atomic mass is 19.4. The van der Waals surface area contributed by atoms with E-state index in [4.69, 9.17) is 5.73 Å². The molecule has 2 fully saturated rings. The van der Waals surface area contributed by atoms with Gasteiger partial charge < -0.3 is 21.3 Å². The minimum Gasteiger partial charge on any atom is -0.399 e. The lowest BCUT2D eigenvalue weighted by Crippen LogP contribution is -2.50. The van der Waals surface area contributed by atoms with Crippen LogP contribution in [-0.4, -0.2) is 42.4 Å². The second-order valence-corrected chi connectivity index (χ2v) is 7.86. The fourth-order valence-corrected chi connectivity index (χ4v) is 4.00. The van der Waals surface area contributed by atoms with Gasteiger partial charge in [0, 0.05) is 30.9 Å². The molecule has 160 valence electrons. The lowest BCUT2D eigenvalue weighted by Gasteiger charge is -2.35. The topological polar surface area (TPSA) is 87.5 Å². The third-order valence-electron chi connectivity index (χ3n) is 5.58. The van der Waals surface area contributed by atoms with Crippen molar-refractivity contribution in [2.75, 3.05) is 30.7 Å². The summed E-state index contributed by atoms with van der Waals surface area (Å²) in [6.07, 6.45) is 0.106. The average Bonchev–Trinajstić information content (AvgIpc) is 2.67. The van der Waals surface area contributed by atoms with E-state index in [-0.39, 0.29) is 41.6 Å². The molecule has 1 aromatic rings. The zero-order valence-electron chi connectivity index (χ0n) is 16.2. The Morgan fingerprint density at radius 3 is 2.48 bits per heavy atom. The third-order valence-corrected chi connectivity index (χ3v) is 5.58. The van der Waals surface area contributed by atoms with Crippen LogP contribution < -0.4 is 16.4 Å². The summed E-state index contributed by atoms with van der Waals surface area (Å²) in [5.74, 6) is -0.115. The lowest BCUT2D eigenvalue weighted by molar-refractivity contribution is -0.137. The SMILES string of the molecule is Nc1cc(NC(=O)CC2CCN(C(=O)[C@@H]3CCCCN3)CC2)cc(C(F)(F)F)c1. The molecule has 0 radical (unpaired) electrons. The maximum atomic E-state index is 12.9. The summed E-state index contributed by atoms with van der Waals surface area (Å²) < 4.78 is 38.7. The minimum absolute atomic E-state index is 0.0401. The maximum Gasteiger partial charge on any atom is 0.416 e. The van der Waals surface area contributed by atoms with Crippen molar-refractivity contribution in [3.05, 3.63) is 23.8 Å². The van der Waals surface area contributed by atoms with Crippen LogP contribution in [0, 0.1) is 5.92 Å². The van der Waals surface area contributed by atoms with Crippen molar-refractivity contribution in [1.82, 2.24) is 10.2 Å². The fourth-order valence-electron chi connectivity index (χ4n) is 4.00. The number of nitrogens with two attached hydrogens (primary N) is 1. The summed E-state index contributed by atoms with van der Waals surface area (Å²) in [5.41, 5.74) is 4.62. The number of halogens is 3. The third kappa shape index (κ3) is 5.85. The van der Waals surface area contributed by atoms with Gasteiger partial charge in [0.2, 0.25) is 11.8 Å². The summed E-state index contributed by atoms with van der Waals surface area (Å²) in [6.45, 7) is 2.07. The number of likely N-dealkylation sites (tertiary alicyclic amines) is 1. The zero-order chi connectivity index (χ0) is 21.0. The Kier molecular flexibility index (Phi) is 6.66. The molecule has 29 heavy (non-hydrogen) atoms. The van der Waals surface area contributed by atoms with E-state index < -0.39 is 11.7 Å². The molecule has 1 atom stereocenters. The first-order valence-corrected chi connectivity index (χ1v) is 10.0. The number of nitrogens with one attached hydrogen (secondary N) is 2. The van der Waals surface area contributed by atoms with Crippen LogP contribution in [-0.2, 0) is 15.8 Å². The Hall–Kier alpha value is -2.29. The highest BCUT2D eigenvalue weighted by molar-refractivity contribution is 5.91. The van der Waals surface area contributed by atoms with E-state index in [2.05, 4.69) is 10.6 Å². The van der Waals surface area contributed by atoms with Crippen molar-refractivity contribution < 1.29 is 22.8 Å².